The Morgan fingerprint density at radius 3 is 2.22 bits per heavy atom. The van der Waals surface area contributed by atoms with E-state index in [2.05, 4.69) is 31.2 Å². The Bertz CT molecular complexity index is 792. The highest BCUT2D eigenvalue weighted by Crippen LogP contribution is 2.25. The number of aryl methyl sites for hydroxylation is 1. The number of benzene rings is 3. The first-order valence-corrected chi connectivity index (χ1v) is 8.60. The molecular weight excluding hydrogens is 300 g/mol. The zero-order valence-electron chi connectivity index (χ0n) is 13.0. The Morgan fingerprint density at radius 1 is 0.826 bits per heavy atom. The molecule has 3 rings (SSSR count). The second kappa shape index (κ2) is 7.30. The van der Waals surface area contributed by atoms with Gasteiger partial charge in [0.25, 0.3) is 0 Å². The van der Waals surface area contributed by atoms with Crippen molar-refractivity contribution in [3.8, 4) is 0 Å². The van der Waals surface area contributed by atoms with E-state index in [1.807, 2.05) is 54.6 Å². The summed E-state index contributed by atoms with van der Waals surface area (Å²) in [5.74, 6) is 0.878. The summed E-state index contributed by atoms with van der Waals surface area (Å²) in [5.41, 5.74) is 3.86. The molecule has 114 valence electrons. The number of rotatable bonds is 5. The van der Waals surface area contributed by atoms with Crippen LogP contribution in [0.15, 0.2) is 83.8 Å². The number of hydrogen-bond acceptors (Lipinski definition) is 2. The molecule has 0 spiro atoms. The minimum atomic E-state index is 0.0886. The average Bonchev–Trinajstić information content (AvgIpc) is 2.62. The first kappa shape index (κ1) is 15.6. The quantitative estimate of drug-likeness (QED) is 0.455. The third-order valence-electron chi connectivity index (χ3n) is 3.71. The molecule has 0 amide bonds. The fourth-order valence-corrected chi connectivity index (χ4v) is 3.31. The van der Waals surface area contributed by atoms with E-state index >= 15 is 0 Å². The van der Waals surface area contributed by atoms with E-state index in [0.29, 0.717) is 0 Å². The molecule has 0 aliphatic rings. The molecule has 23 heavy (non-hydrogen) atoms. The van der Waals surface area contributed by atoms with E-state index < -0.39 is 0 Å². The molecule has 0 aliphatic heterocycles. The maximum atomic E-state index is 12.7. The molecule has 1 nitrogen and oxygen atoms in total. The number of carbonyl (C=O) groups is 1. The van der Waals surface area contributed by atoms with Gasteiger partial charge in [-0.3, -0.25) is 4.79 Å². The van der Waals surface area contributed by atoms with E-state index in [-0.39, 0.29) is 5.78 Å². The second-order valence-corrected chi connectivity index (χ2v) is 6.50. The van der Waals surface area contributed by atoms with Crippen molar-refractivity contribution in [1.29, 1.82) is 0 Å². The van der Waals surface area contributed by atoms with E-state index in [1.54, 1.807) is 11.8 Å². The molecule has 3 aromatic rings. The third kappa shape index (κ3) is 3.91. The van der Waals surface area contributed by atoms with Gasteiger partial charge in [-0.2, -0.15) is 0 Å². The van der Waals surface area contributed by atoms with Crippen molar-refractivity contribution in [3.05, 3.63) is 101 Å². The van der Waals surface area contributed by atoms with Gasteiger partial charge in [0.05, 0.1) is 0 Å². The number of carbonyl (C=O) groups excluding carboxylic acids is 1. The molecule has 0 N–H and O–H groups in total. The van der Waals surface area contributed by atoms with Gasteiger partial charge in [-0.05, 0) is 24.6 Å². The molecule has 0 aromatic heterocycles. The van der Waals surface area contributed by atoms with Crippen molar-refractivity contribution in [2.75, 3.05) is 0 Å². The Hall–Kier alpha value is -2.32. The predicted molar refractivity (Wildman–Crippen MR) is 97.1 cm³/mol. The molecule has 0 heterocycles. The Kier molecular flexibility index (Phi) is 4.94. The summed E-state index contributed by atoms with van der Waals surface area (Å²) in [4.78, 5) is 13.9. The van der Waals surface area contributed by atoms with Crippen LogP contribution in [0.2, 0.25) is 0 Å². The molecule has 0 unspecified atom stereocenters. The van der Waals surface area contributed by atoms with Crippen LogP contribution in [0.4, 0.5) is 0 Å². The molecule has 0 fully saturated rings. The summed E-state index contributed by atoms with van der Waals surface area (Å²) in [6.07, 6.45) is 0. The summed E-state index contributed by atoms with van der Waals surface area (Å²) in [5, 5.41) is 0. The largest absolute Gasteiger partial charge is 0.289 e. The van der Waals surface area contributed by atoms with Crippen LogP contribution in [0.5, 0.6) is 0 Å². The second-order valence-electron chi connectivity index (χ2n) is 5.45. The van der Waals surface area contributed by atoms with Crippen LogP contribution in [-0.2, 0) is 5.75 Å². The zero-order valence-corrected chi connectivity index (χ0v) is 13.8. The molecule has 0 saturated heterocycles. The smallest absolute Gasteiger partial charge is 0.193 e. The van der Waals surface area contributed by atoms with Crippen molar-refractivity contribution in [2.24, 2.45) is 0 Å². The minimum Gasteiger partial charge on any atom is -0.289 e. The average molecular weight is 318 g/mol. The third-order valence-corrected chi connectivity index (χ3v) is 4.77. The Morgan fingerprint density at radius 2 is 1.48 bits per heavy atom. The summed E-state index contributed by atoms with van der Waals surface area (Å²) in [6.45, 7) is 2.09. The lowest BCUT2D eigenvalue weighted by Crippen LogP contribution is -2.04. The van der Waals surface area contributed by atoms with Gasteiger partial charge in [-0.1, -0.05) is 72.3 Å². The van der Waals surface area contributed by atoms with Gasteiger partial charge >= 0.3 is 0 Å². The van der Waals surface area contributed by atoms with Gasteiger partial charge in [-0.15, -0.1) is 11.8 Å². The Balaban J connectivity index is 1.80. The maximum Gasteiger partial charge on any atom is 0.193 e. The highest BCUT2D eigenvalue weighted by molar-refractivity contribution is 7.98. The first-order chi connectivity index (χ1) is 11.2. The maximum absolute atomic E-state index is 12.7. The van der Waals surface area contributed by atoms with Gasteiger partial charge < -0.3 is 0 Å². The lowest BCUT2D eigenvalue weighted by Gasteiger charge is -2.09. The number of thioether (sulfide) groups is 1. The van der Waals surface area contributed by atoms with Gasteiger partial charge in [0.2, 0.25) is 0 Å². The summed E-state index contributed by atoms with van der Waals surface area (Å²) < 4.78 is 0. The highest BCUT2D eigenvalue weighted by atomic mass is 32.2. The Labute approximate surface area is 141 Å². The fraction of sp³-hybridized carbons (Fsp3) is 0.0952. The fourth-order valence-electron chi connectivity index (χ4n) is 2.41. The first-order valence-electron chi connectivity index (χ1n) is 7.61. The van der Waals surface area contributed by atoms with Crippen molar-refractivity contribution >= 4 is 17.5 Å². The van der Waals surface area contributed by atoms with Gasteiger partial charge in [0, 0.05) is 21.8 Å². The molecule has 0 atom stereocenters. The van der Waals surface area contributed by atoms with Crippen molar-refractivity contribution < 1.29 is 4.79 Å². The summed E-state index contributed by atoms with van der Waals surface area (Å²) in [6, 6.07) is 25.8. The van der Waals surface area contributed by atoms with Gasteiger partial charge in [0.15, 0.2) is 5.78 Å². The van der Waals surface area contributed by atoms with Crippen LogP contribution in [0.1, 0.15) is 27.0 Å². The number of hydrogen-bond donors (Lipinski definition) is 0. The van der Waals surface area contributed by atoms with Crippen LogP contribution >= 0.6 is 11.8 Å². The van der Waals surface area contributed by atoms with E-state index in [1.165, 1.54) is 10.5 Å². The zero-order chi connectivity index (χ0) is 16.1. The molecule has 3 aromatic carbocycles. The lowest BCUT2D eigenvalue weighted by molar-refractivity contribution is 0.103. The molecule has 0 saturated carbocycles. The van der Waals surface area contributed by atoms with Crippen molar-refractivity contribution in [2.45, 2.75) is 17.6 Å². The van der Waals surface area contributed by atoms with Crippen LogP contribution in [0.25, 0.3) is 0 Å². The summed E-state index contributed by atoms with van der Waals surface area (Å²) >= 11 is 1.76. The van der Waals surface area contributed by atoms with Crippen molar-refractivity contribution in [3.63, 3.8) is 0 Å². The topological polar surface area (TPSA) is 17.1 Å². The normalized spacial score (nSPS) is 10.5. The summed E-state index contributed by atoms with van der Waals surface area (Å²) in [7, 11) is 0. The van der Waals surface area contributed by atoms with Crippen LogP contribution in [0.3, 0.4) is 0 Å². The van der Waals surface area contributed by atoms with Crippen molar-refractivity contribution in [1.82, 2.24) is 0 Å². The lowest BCUT2D eigenvalue weighted by atomic mass is 9.99. The molecular formula is C21H18OS. The SMILES string of the molecule is Cc1ccc(SCc2ccccc2C(=O)c2ccccc2)cc1. The van der Waals surface area contributed by atoms with E-state index in [9.17, 15) is 4.79 Å². The van der Waals surface area contributed by atoms with Gasteiger partial charge in [0.1, 0.15) is 0 Å². The molecule has 0 bridgehead atoms. The molecule has 0 aliphatic carbocycles. The highest BCUT2D eigenvalue weighted by Gasteiger charge is 2.12. The standard InChI is InChI=1S/C21H18OS/c1-16-11-13-19(14-12-16)23-15-18-9-5-6-10-20(18)21(22)17-7-3-2-4-8-17/h2-14H,15H2,1H3. The van der Waals surface area contributed by atoms with Crippen LogP contribution in [-0.4, -0.2) is 5.78 Å². The van der Waals surface area contributed by atoms with E-state index in [4.69, 9.17) is 0 Å². The molecule has 2 heteroatoms. The van der Waals surface area contributed by atoms with E-state index in [0.717, 1.165) is 22.4 Å². The number of ketones is 1. The minimum absolute atomic E-state index is 0.0886. The monoisotopic (exact) mass is 318 g/mol. The van der Waals surface area contributed by atoms with Gasteiger partial charge in [-0.25, -0.2) is 0 Å². The van der Waals surface area contributed by atoms with Crippen LogP contribution in [0, 0.1) is 6.92 Å². The predicted octanol–water partition coefficient (Wildman–Crippen LogP) is 5.52. The molecule has 0 radical (unpaired) electrons. The van der Waals surface area contributed by atoms with Crippen LogP contribution < -0.4 is 0 Å².